The van der Waals surface area contributed by atoms with Gasteiger partial charge in [0.1, 0.15) is 0 Å². The van der Waals surface area contributed by atoms with Gasteiger partial charge in [-0.15, -0.1) is 11.3 Å². The summed E-state index contributed by atoms with van der Waals surface area (Å²) in [6, 6.07) is 14.1. The van der Waals surface area contributed by atoms with Crippen molar-refractivity contribution in [1.82, 2.24) is 5.32 Å². The minimum absolute atomic E-state index is 0.0594. The van der Waals surface area contributed by atoms with E-state index in [9.17, 15) is 4.79 Å². The first kappa shape index (κ1) is 14.3. The molecule has 0 saturated carbocycles. The summed E-state index contributed by atoms with van der Waals surface area (Å²) >= 11 is 1.66. The molecule has 2 heterocycles. The van der Waals surface area contributed by atoms with Gasteiger partial charge in [0.15, 0.2) is 0 Å². The molecular formula is C17H19NO2S. The first-order valence-electron chi connectivity index (χ1n) is 7.32. The second-order valence-electron chi connectivity index (χ2n) is 5.27. The topological polar surface area (TPSA) is 38.3 Å². The molecule has 110 valence electrons. The molecule has 1 saturated heterocycles. The van der Waals surface area contributed by atoms with E-state index >= 15 is 0 Å². The maximum Gasteiger partial charge on any atom is 0.223 e. The molecule has 3 rings (SSSR count). The van der Waals surface area contributed by atoms with Crippen molar-refractivity contribution in [3.63, 3.8) is 0 Å². The van der Waals surface area contributed by atoms with Crippen LogP contribution in [-0.4, -0.2) is 18.6 Å². The summed E-state index contributed by atoms with van der Waals surface area (Å²) in [5, 5.41) is 5.19. The van der Waals surface area contributed by atoms with Crippen LogP contribution in [-0.2, 0) is 9.53 Å². The highest BCUT2D eigenvalue weighted by molar-refractivity contribution is 7.10. The monoisotopic (exact) mass is 301 g/mol. The van der Waals surface area contributed by atoms with Gasteiger partial charge in [-0.1, -0.05) is 36.4 Å². The van der Waals surface area contributed by atoms with Crippen molar-refractivity contribution < 1.29 is 9.53 Å². The molecule has 0 spiro atoms. The third-order valence-corrected chi connectivity index (χ3v) is 4.64. The second kappa shape index (κ2) is 6.87. The number of nitrogens with one attached hydrogen (secondary N) is 1. The van der Waals surface area contributed by atoms with E-state index in [1.165, 1.54) is 0 Å². The minimum Gasteiger partial charge on any atom is -0.378 e. The van der Waals surface area contributed by atoms with E-state index in [2.05, 4.69) is 23.5 Å². The maximum atomic E-state index is 12.3. The molecular weight excluding hydrogens is 282 g/mol. The van der Waals surface area contributed by atoms with Gasteiger partial charge in [0.25, 0.3) is 0 Å². The van der Waals surface area contributed by atoms with Crippen molar-refractivity contribution in [2.45, 2.75) is 31.4 Å². The van der Waals surface area contributed by atoms with Crippen molar-refractivity contribution in [3.05, 3.63) is 58.3 Å². The van der Waals surface area contributed by atoms with E-state index in [4.69, 9.17) is 4.74 Å². The Bertz CT molecular complexity index is 562. The molecule has 0 radical (unpaired) electrons. The normalized spacial score (nSPS) is 19.3. The molecule has 1 aromatic heterocycles. The van der Waals surface area contributed by atoms with Crippen LogP contribution in [0.25, 0.3) is 0 Å². The molecule has 0 bridgehead atoms. The molecule has 1 aliphatic rings. The van der Waals surface area contributed by atoms with Crippen molar-refractivity contribution in [2.24, 2.45) is 0 Å². The van der Waals surface area contributed by atoms with Crippen LogP contribution in [0, 0.1) is 0 Å². The lowest BCUT2D eigenvalue weighted by Crippen LogP contribution is -2.31. The minimum atomic E-state index is -0.0693. The van der Waals surface area contributed by atoms with Crippen LogP contribution in [0.5, 0.6) is 0 Å². The summed E-state index contributed by atoms with van der Waals surface area (Å²) in [5.41, 5.74) is 1.11. The van der Waals surface area contributed by atoms with Gasteiger partial charge < -0.3 is 10.1 Å². The molecule has 0 aliphatic carbocycles. The number of benzene rings is 1. The summed E-state index contributed by atoms with van der Waals surface area (Å²) in [6.07, 6.45) is 2.59. The SMILES string of the molecule is O=C(C[C@H]1CCCO1)N[C@@H](c1ccccc1)c1cccs1. The molecule has 2 atom stereocenters. The smallest absolute Gasteiger partial charge is 0.223 e. The number of carbonyl (C=O) groups is 1. The fourth-order valence-corrected chi connectivity index (χ4v) is 3.45. The quantitative estimate of drug-likeness (QED) is 0.917. The number of hydrogen-bond acceptors (Lipinski definition) is 3. The maximum absolute atomic E-state index is 12.3. The predicted octanol–water partition coefficient (Wildman–Crippen LogP) is 3.52. The van der Waals surface area contributed by atoms with Crippen LogP contribution in [0.3, 0.4) is 0 Å². The number of carbonyl (C=O) groups excluding carboxylic acids is 1. The van der Waals surface area contributed by atoms with E-state index in [0.29, 0.717) is 6.42 Å². The fraction of sp³-hybridized carbons (Fsp3) is 0.353. The number of hydrogen-bond donors (Lipinski definition) is 1. The molecule has 3 nitrogen and oxygen atoms in total. The Labute approximate surface area is 129 Å². The van der Waals surface area contributed by atoms with Gasteiger partial charge in [0, 0.05) is 11.5 Å². The van der Waals surface area contributed by atoms with Gasteiger partial charge in [-0.05, 0) is 29.9 Å². The van der Waals surface area contributed by atoms with Crippen LogP contribution in [0.15, 0.2) is 47.8 Å². The zero-order chi connectivity index (χ0) is 14.5. The summed E-state index contributed by atoms with van der Waals surface area (Å²) in [6.45, 7) is 0.783. The van der Waals surface area contributed by atoms with E-state index in [1.54, 1.807) is 11.3 Å². The summed E-state index contributed by atoms with van der Waals surface area (Å²) in [5.74, 6) is 0.0594. The Morgan fingerprint density at radius 1 is 1.29 bits per heavy atom. The zero-order valence-corrected chi connectivity index (χ0v) is 12.6. The van der Waals surface area contributed by atoms with E-state index in [1.807, 2.05) is 29.6 Å². The van der Waals surface area contributed by atoms with E-state index in [0.717, 1.165) is 29.9 Å². The lowest BCUT2D eigenvalue weighted by atomic mass is 10.0. The molecule has 21 heavy (non-hydrogen) atoms. The molecule has 1 fully saturated rings. The molecule has 1 N–H and O–H groups in total. The van der Waals surface area contributed by atoms with Crippen LogP contribution < -0.4 is 5.32 Å². The van der Waals surface area contributed by atoms with Crippen LogP contribution >= 0.6 is 11.3 Å². The van der Waals surface area contributed by atoms with Gasteiger partial charge in [-0.25, -0.2) is 0 Å². The average Bonchev–Trinajstić information content (AvgIpc) is 3.19. The van der Waals surface area contributed by atoms with Gasteiger partial charge in [0.05, 0.1) is 18.6 Å². The Hall–Kier alpha value is -1.65. The molecule has 0 unspecified atom stereocenters. The number of thiophene rings is 1. The van der Waals surface area contributed by atoms with E-state index in [-0.39, 0.29) is 18.1 Å². The standard InChI is InChI=1S/C17H19NO2S/c19-16(12-14-8-4-10-20-14)18-17(15-9-5-11-21-15)13-6-2-1-3-7-13/h1-3,5-7,9,11,14,17H,4,8,10,12H2,(H,18,19)/t14-,17+/m1/s1. The van der Waals surface area contributed by atoms with Gasteiger partial charge in [-0.2, -0.15) is 0 Å². The van der Waals surface area contributed by atoms with Crippen molar-refractivity contribution in [2.75, 3.05) is 6.61 Å². The largest absolute Gasteiger partial charge is 0.378 e. The number of ether oxygens (including phenoxy) is 1. The van der Waals surface area contributed by atoms with Crippen molar-refractivity contribution >= 4 is 17.2 Å². The number of amides is 1. The second-order valence-corrected chi connectivity index (χ2v) is 6.25. The third kappa shape index (κ3) is 3.71. The Morgan fingerprint density at radius 2 is 2.14 bits per heavy atom. The first-order chi connectivity index (χ1) is 10.3. The molecule has 1 aliphatic heterocycles. The Morgan fingerprint density at radius 3 is 2.81 bits per heavy atom. The summed E-state index contributed by atoms with van der Waals surface area (Å²) in [4.78, 5) is 13.4. The molecule has 1 aromatic carbocycles. The van der Waals surface area contributed by atoms with Gasteiger partial charge in [0.2, 0.25) is 5.91 Å². The third-order valence-electron chi connectivity index (χ3n) is 3.70. The number of rotatable bonds is 5. The molecule has 4 heteroatoms. The summed E-state index contributed by atoms with van der Waals surface area (Å²) in [7, 11) is 0. The van der Waals surface area contributed by atoms with Crippen molar-refractivity contribution in [3.8, 4) is 0 Å². The molecule has 2 aromatic rings. The van der Waals surface area contributed by atoms with Crippen LogP contribution in [0.2, 0.25) is 0 Å². The van der Waals surface area contributed by atoms with Crippen LogP contribution in [0.1, 0.15) is 35.7 Å². The average molecular weight is 301 g/mol. The van der Waals surface area contributed by atoms with Gasteiger partial charge >= 0.3 is 0 Å². The van der Waals surface area contributed by atoms with E-state index < -0.39 is 0 Å². The first-order valence-corrected chi connectivity index (χ1v) is 8.20. The highest BCUT2D eigenvalue weighted by Crippen LogP contribution is 2.26. The lowest BCUT2D eigenvalue weighted by molar-refractivity contribution is -0.123. The van der Waals surface area contributed by atoms with Crippen molar-refractivity contribution in [1.29, 1.82) is 0 Å². The lowest BCUT2D eigenvalue weighted by Gasteiger charge is -2.19. The zero-order valence-electron chi connectivity index (χ0n) is 11.8. The summed E-state index contributed by atoms with van der Waals surface area (Å²) < 4.78 is 5.54. The Balaban J connectivity index is 1.72. The van der Waals surface area contributed by atoms with Gasteiger partial charge in [-0.3, -0.25) is 4.79 Å². The molecule has 1 amide bonds. The predicted molar refractivity (Wildman–Crippen MR) is 84.3 cm³/mol. The fourth-order valence-electron chi connectivity index (χ4n) is 2.65. The van der Waals surface area contributed by atoms with Crippen LogP contribution in [0.4, 0.5) is 0 Å². The Kier molecular flexibility index (Phi) is 4.68. The highest BCUT2D eigenvalue weighted by atomic mass is 32.1. The highest BCUT2D eigenvalue weighted by Gasteiger charge is 2.22.